The van der Waals surface area contributed by atoms with E-state index < -0.39 is 0 Å². The van der Waals surface area contributed by atoms with Crippen LogP contribution >= 0.6 is 24.0 Å². The number of thioether (sulfide) groups is 1. The number of aromatic nitrogens is 2. The lowest BCUT2D eigenvalue weighted by molar-refractivity contribution is -0.122. The second kappa shape index (κ2) is 11.9. The first kappa shape index (κ1) is 26.9. The molecule has 0 spiro atoms. The summed E-state index contributed by atoms with van der Waals surface area (Å²) in [4.78, 5) is 36.5. The molecule has 2 fully saturated rings. The van der Waals surface area contributed by atoms with Gasteiger partial charge in [0.2, 0.25) is 0 Å². The molecule has 0 aromatic carbocycles. The van der Waals surface area contributed by atoms with Crippen molar-refractivity contribution >= 4 is 51.7 Å². The number of hydrogen-bond donors (Lipinski definition) is 0. The Morgan fingerprint density at radius 3 is 2.53 bits per heavy atom. The second-order valence-corrected chi connectivity index (χ2v) is 12.2. The van der Waals surface area contributed by atoms with Crippen molar-refractivity contribution in [3.8, 4) is 0 Å². The molecule has 2 saturated heterocycles. The van der Waals surface area contributed by atoms with Gasteiger partial charge in [-0.25, -0.2) is 4.98 Å². The summed E-state index contributed by atoms with van der Waals surface area (Å²) >= 11 is 6.86. The van der Waals surface area contributed by atoms with Crippen molar-refractivity contribution in [3.05, 3.63) is 44.7 Å². The van der Waals surface area contributed by atoms with Gasteiger partial charge < -0.3 is 4.90 Å². The van der Waals surface area contributed by atoms with Gasteiger partial charge in [-0.15, -0.1) is 0 Å². The summed E-state index contributed by atoms with van der Waals surface area (Å²) in [5, 5.41) is 0. The van der Waals surface area contributed by atoms with Crippen molar-refractivity contribution in [2.24, 2.45) is 11.8 Å². The molecule has 0 aliphatic carbocycles. The minimum atomic E-state index is -0.147. The summed E-state index contributed by atoms with van der Waals surface area (Å²) in [7, 11) is 0. The predicted octanol–water partition coefficient (Wildman–Crippen LogP) is 6.05. The quantitative estimate of drug-likeness (QED) is 0.225. The fraction of sp³-hybridized carbons (Fsp3) is 0.571. The third kappa shape index (κ3) is 5.86. The lowest BCUT2D eigenvalue weighted by atomic mass is 9.91. The number of aryl methyl sites for hydroxylation is 1. The zero-order chi connectivity index (χ0) is 25.8. The molecule has 0 saturated carbocycles. The Bertz CT molecular complexity index is 1210. The van der Waals surface area contributed by atoms with E-state index in [0.29, 0.717) is 44.6 Å². The number of carbonyl (C=O) groups is 1. The van der Waals surface area contributed by atoms with Gasteiger partial charge in [0.1, 0.15) is 15.8 Å². The zero-order valence-electron chi connectivity index (χ0n) is 22.0. The molecule has 194 valence electrons. The van der Waals surface area contributed by atoms with Gasteiger partial charge in [-0.1, -0.05) is 82.9 Å². The third-order valence-corrected chi connectivity index (χ3v) is 8.49. The van der Waals surface area contributed by atoms with Gasteiger partial charge in [-0.05, 0) is 49.3 Å². The Labute approximate surface area is 224 Å². The predicted molar refractivity (Wildman–Crippen MR) is 155 cm³/mol. The lowest BCUT2D eigenvalue weighted by Crippen LogP contribution is -2.40. The maximum atomic E-state index is 13.7. The van der Waals surface area contributed by atoms with Crippen LogP contribution in [0.3, 0.4) is 0 Å². The van der Waals surface area contributed by atoms with Crippen LogP contribution in [0.2, 0.25) is 0 Å². The van der Waals surface area contributed by atoms with Crippen LogP contribution in [0.4, 0.5) is 5.82 Å². The fourth-order valence-electron chi connectivity index (χ4n) is 5.38. The van der Waals surface area contributed by atoms with E-state index in [1.807, 2.05) is 19.1 Å². The molecule has 0 bridgehead atoms. The van der Waals surface area contributed by atoms with Crippen LogP contribution in [-0.2, 0) is 4.79 Å². The van der Waals surface area contributed by atoms with Crippen LogP contribution in [0, 0.1) is 18.8 Å². The van der Waals surface area contributed by atoms with E-state index in [1.165, 1.54) is 37.4 Å². The highest BCUT2D eigenvalue weighted by Crippen LogP contribution is 2.35. The van der Waals surface area contributed by atoms with Gasteiger partial charge in [0.15, 0.2) is 0 Å². The number of anilines is 1. The molecule has 6 nitrogen and oxygen atoms in total. The van der Waals surface area contributed by atoms with Crippen molar-refractivity contribution in [1.29, 1.82) is 0 Å². The van der Waals surface area contributed by atoms with E-state index in [-0.39, 0.29) is 11.5 Å². The largest absolute Gasteiger partial charge is 0.355 e. The van der Waals surface area contributed by atoms with Crippen molar-refractivity contribution < 1.29 is 4.79 Å². The second-order valence-electron chi connectivity index (χ2n) is 10.5. The van der Waals surface area contributed by atoms with Crippen molar-refractivity contribution in [2.75, 3.05) is 24.5 Å². The first-order valence-corrected chi connectivity index (χ1v) is 14.5. The molecule has 0 unspecified atom stereocenters. The molecule has 2 aliphatic rings. The van der Waals surface area contributed by atoms with Gasteiger partial charge in [-0.3, -0.25) is 18.9 Å². The molecule has 2 atom stereocenters. The standard InChI is InChI=1S/C28H38N4O2S2/c1-5-6-7-8-9-10-13-32-27(34)23(36-28(32)35)16-22-25(30-17-19(2)15-20(3)18-30)29-24-21(4)12-11-14-31(24)26(22)33/h11-12,14,16,19-20H,5-10,13,15,17-18H2,1-4H3/b23-16-/t19-,20+. The van der Waals surface area contributed by atoms with Gasteiger partial charge in [0.25, 0.3) is 11.5 Å². The Morgan fingerprint density at radius 2 is 1.81 bits per heavy atom. The van der Waals surface area contributed by atoms with E-state index in [0.717, 1.165) is 37.9 Å². The number of fused-ring (bicyclic) bond motifs is 1. The Hall–Kier alpha value is -2.19. The molecule has 2 aromatic rings. The van der Waals surface area contributed by atoms with Gasteiger partial charge in [-0.2, -0.15) is 0 Å². The third-order valence-electron chi connectivity index (χ3n) is 7.12. The number of hydrogen-bond acceptors (Lipinski definition) is 6. The lowest BCUT2D eigenvalue weighted by Gasteiger charge is -2.36. The molecule has 4 heterocycles. The minimum Gasteiger partial charge on any atom is -0.355 e. The zero-order valence-corrected chi connectivity index (χ0v) is 23.6. The highest BCUT2D eigenvalue weighted by Gasteiger charge is 2.33. The molecule has 8 heteroatoms. The topological polar surface area (TPSA) is 57.9 Å². The maximum absolute atomic E-state index is 13.7. The Balaban J connectivity index is 1.66. The first-order chi connectivity index (χ1) is 17.3. The van der Waals surface area contributed by atoms with Crippen LogP contribution in [-0.4, -0.2) is 44.1 Å². The summed E-state index contributed by atoms with van der Waals surface area (Å²) in [5.41, 5.74) is 1.94. The SMILES string of the molecule is CCCCCCCCN1C(=O)/C(=C/c2c(N3C[C@H](C)C[C@H](C)C3)nc3c(C)cccn3c2=O)SC1=S. The average molecular weight is 527 g/mol. The fourth-order valence-corrected chi connectivity index (χ4v) is 6.67. The summed E-state index contributed by atoms with van der Waals surface area (Å²) < 4.78 is 2.17. The molecule has 2 aliphatic heterocycles. The molecular weight excluding hydrogens is 488 g/mol. The number of piperidine rings is 1. The number of thiocarbonyl (C=S) groups is 1. The van der Waals surface area contributed by atoms with E-state index in [9.17, 15) is 9.59 Å². The van der Waals surface area contributed by atoms with Crippen molar-refractivity contribution in [3.63, 3.8) is 0 Å². The summed E-state index contributed by atoms with van der Waals surface area (Å²) in [6.07, 6.45) is 11.6. The van der Waals surface area contributed by atoms with Gasteiger partial charge in [0, 0.05) is 25.8 Å². The number of carbonyl (C=O) groups excluding carboxylic acids is 1. The number of rotatable bonds is 9. The molecule has 1 amide bonds. The highest BCUT2D eigenvalue weighted by molar-refractivity contribution is 8.26. The minimum absolute atomic E-state index is 0.0985. The van der Waals surface area contributed by atoms with Crippen molar-refractivity contribution in [2.45, 2.75) is 72.6 Å². The van der Waals surface area contributed by atoms with Gasteiger partial charge >= 0.3 is 0 Å². The van der Waals surface area contributed by atoms with E-state index in [2.05, 4.69) is 25.7 Å². The van der Waals surface area contributed by atoms with Crippen LogP contribution in [0.25, 0.3) is 11.7 Å². The van der Waals surface area contributed by atoms with E-state index in [4.69, 9.17) is 17.2 Å². The number of nitrogens with zero attached hydrogens (tertiary/aromatic N) is 4. The molecule has 2 aromatic heterocycles. The van der Waals surface area contributed by atoms with Crippen LogP contribution < -0.4 is 10.5 Å². The summed E-state index contributed by atoms with van der Waals surface area (Å²) in [6, 6.07) is 3.83. The summed E-state index contributed by atoms with van der Waals surface area (Å²) in [6.45, 7) is 11.0. The first-order valence-electron chi connectivity index (χ1n) is 13.3. The molecule has 0 N–H and O–H groups in total. The Kier molecular flexibility index (Phi) is 8.88. The van der Waals surface area contributed by atoms with Gasteiger partial charge in [0.05, 0.1) is 10.5 Å². The molecule has 36 heavy (non-hydrogen) atoms. The summed E-state index contributed by atoms with van der Waals surface area (Å²) in [5.74, 6) is 1.59. The van der Waals surface area contributed by atoms with Crippen molar-refractivity contribution in [1.82, 2.24) is 14.3 Å². The molecule has 0 radical (unpaired) electrons. The monoisotopic (exact) mass is 526 g/mol. The normalized spacial score (nSPS) is 21.8. The highest BCUT2D eigenvalue weighted by atomic mass is 32.2. The number of pyridine rings is 1. The van der Waals surface area contributed by atoms with Crippen LogP contribution in [0.5, 0.6) is 0 Å². The van der Waals surface area contributed by atoms with Crippen LogP contribution in [0.1, 0.15) is 76.8 Å². The Morgan fingerprint density at radius 1 is 1.11 bits per heavy atom. The smallest absolute Gasteiger partial charge is 0.267 e. The maximum Gasteiger partial charge on any atom is 0.267 e. The van der Waals surface area contributed by atoms with E-state index in [1.54, 1.807) is 21.6 Å². The number of unbranched alkanes of at least 4 members (excludes halogenated alkanes) is 5. The van der Waals surface area contributed by atoms with Crippen LogP contribution in [0.15, 0.2) is 28.0 Å². The number of amides is 1. The van der Waals surface area contributed by atoms with E-state index >= 15 is 0 Å². The average Bonchev–Trinajstić information content (AvgIpc) is 3.10. The molecular formula is C28H38N4O2S2. The molecule has 4 rings (SSSR count).